The summed E-state index contributed by atoms with van der Waals surface area (Å²) in [5.41, 5.74) is 3.17. The van der Waals surface area contributed by atoms with E-state index >= 15 is 0 Å². The van der Waals surface area contributed by atoms with Crippen molar-refractivity contribution in [2.75, 3.05) is 51.3 Å². The molecule has 2 aliphatic heterocycles. The minimum Gasteiger partial charge on any atom is -0.508 e. The van der Waals surface area contributed by atoms with E-state index in [2.05, 4.69) is 29.5 Å². The molecule has 2 aromatic carbocycles. The summed E-state index contributed by atoms with van der Waals surface area (Å²) in [6.45, 7) is 6.61. The molecular weight excluding hydrogens is 518 g/mol. The number of carbonyl (C=O) groups excluding carboxylic acids is 1. The SMILES string of the molecule is C=CC(=O)N1CCN(c2nc(OC[C@@H]3CCCN3C)nc3c2CC[C@@H](c2cc(O)cc4ccccc24)C3)[C@@H](CO)C1. The number of likely N-dealkylation sites (N-methyl/N-ethyl adjacent to an activating group) is 1. The van der Waals surface area contributed by atoms with Gasteiger partial charge >= 0.3 is 6.01 Å². The third-order valence-electron chi connectivity index (χ3n) is 9.08. The number of aliphatic hydroxyl groups is 1. The second-order valence-electron chi connectivity index (χ2n) is 11.6. The molecule has 0 bridgehead atoms. The normalized spacial score (nSPS) is 23.0. The first kappa shape index (κ1) is 27.5. The van der Waals surface area contributed by atoms with E-state index in [1.54, 1.807) is 4.90 Å². The van der Waals surface area contributed by atoms with E-state index in [9.17, 15) is 15.0 Å². The summed E-state index contributed by atoms with van der Waals surface area (Å²) in [6.07, 6.45) is 5.95. The molecule has 41 heavy (non-hydrogen) atoms. The Labute approximate surface area is 241 Å². The maximum absolute atomic E-state index is 12.3. The van der Waals surface area contributed by atoms with Crippen LogP contribution in [0.25, 0.3) is 10.8 Å². The minimum atomic E-state index is -0.284. The lowest BCUT2D eigenvalue weighted by Crippen LogP contribution is -2.56. The number of carbonyl (C=O) groups is 1. The number of aliphatic hydroxyl groups excluding tert-OH is 1. The number of amides is 1. The van der Waals surface area contributed by atoms with Crippen molar-refractivity contribution in [1.29, 1.82) is 0 Å². The molecule has 9 nitrogen and oxygen atoms in total. The predicted octanol–water partition coefficient (Wildman–Crippen LogP) is 3.28. The van der Waals surface area contributed by atoms with E-state index < -0.39 is 0 Å². The lowest BCUT2D eigenvalue weighted by atomic mass is 9.80. The number of aromatic nitrogens is 2. The van der Waals surface area contributed by atoms with Crippen LogP contribution in [0.2, 0.25) is 0 Å². The highest BCUT2D eigenvalue weighted by Crippen LogP contribution is 2.40. The molecule has 0 spiro atoms. The van der Waals surface area contributed by atoms with Crippen LogP contribution in [0.15, 0.2) is 49.1 Å². The minimum absolute atomic E-state index is 0.0966. The Bertz CT molecular complexity index is 1450. The van der Waals surface area contributed by atoms with Crippen molar-refractivity contribution in [2.45, 2.75) is 50.1 Å². The van der Waals surface area contributed by atoms with Gasteiger partial charge in [0.05, 0.1) is 18.3 Å². The highest BCUT2D eigenvalue weighted by Gasteiger charge is 2.34. The van der Waals surface area contributed by atoms with Gasteiger partial charge in [-0.2, -0.15) is 9.97 Å². The van der Waals surface area contributed by atoms with E-state index in [1.165, 1.54) is 6.08 Å². The molecule has 9 heteroatoms. The molecule has 3 atom stereocenters. The number of fused-ring (bicyclic) bond motifs is 2. The quantitative estimate of drug-likeness (QED) is 0.427. The molecule has 0 unspecified atom stereocenters. The fourth-order valence-electron chi connectivity index (χ4n) is 6.78. The van der Waals surface area contributed by atoms with Crippen molar-refractivity contribution < 1.29 is 19.7 Å². The number of ether oxygens (including phenoxy) is 1. The molecule has 2 N–H and O–H groups in total. The third-order valence-corrected chi connectivity index (χ3v) is 9.08. The largest absolute Gasteiger partial charge is 0.508 e. The molecule has 2 fully saturated rings. The Balaban J connectivity index is 1.35. The first-order valence-corrected chi connectivity index (χ1v) is 14.7. The van der Waals surface area contributed by atoms with Crippen LogP contribution in [0, 0.1) is 0 Å². The first-order valence-electron chi connectivity index (χ1n) is 14.7. The molecular formula is C32H39N5O4. The van der Waals surface area contributed by atoms with Crippen LogP contribution in [0.5, 0.6) is 11.8 Å². The van der Waals surface area contributed by atoms with E-state index in [0.717, 1.165) is 65.6 Å². The number of nitrogens with zero attached hydrogens (tertiary/aromatic N) is 5. The van der Waals surface area contributed by atoms with Gasteiger partial charge in [0.25, 0.3) is 0 Å². The van der Waals surface area contributed by atoms with Crippen LogP contribution in [0.3, 0.4) is 0 Å². The monoisotopic (exact) mass is 557 g/mol. The van der Waals surface area contributed by atoms with Gasteiger partial charge in [-0.1, -0.05) is 30.8 Å². The number of phenolic OH excluding ortho intramolecular Hbond substituents is 1. The standard InChI is InChI=1S/C32H39N5O4/c1-3-30(40)36-13-14-37(24(18-36)19-38)31-27-11-10-22(28-17-25(39)15-21-7-4-5-9-26(21)28)16-29(27)33-32(34-31)41-20-23-8-6-12-35(23)2/h3-5,7,9,15,17,22-24,38-39H,1,6,8,10-14,16,18-20H2,2H3/t22-,23+,24-/m1/s1. The second kappa shape index (κ2) is 11.7. The molecule has 3 heterocycles. The maximum atomic E-state index is 12.3. The molecule has 3 aromatic rings. The smallest absolute Gasteiger partial charge is 0.318 e. The average Bonchev–Trinajstić information content (AvgIpc) is 3.42. The first-order chi connectivity index (χ1) is 19.9. The highest BCUT2D eigenvalue weighted by atomic mass is 16.5. The van der Waals surface area contributed by atoms with Gasteiger partial charge < -0.3 is 29.6 Å². The summed E-state index contributed by atoms with van der Waals surface area (Å²) < 4.78 is 6.26. The van der Waals surface area contributed by atoms with Crippen molar-refractivity contribution in [3.8, 4) is 11.8 Å². The molecule has 2 saturated heterocycles. The summed E-state index contributed by atoms with van der Waals surface area (Å²) >= 11 is 0. The van der Waals surface area contributed by atoms with Gasteiger partial charge in [0, 0.05) is 31.2 Å². The molecule has 0 radical (unpaired) electrons. The van der Waals surface area contributed by atoms with Crippen LogP contribution in [-0.2, 0) is 17.6 Å². The summed E-state index contributed by atoms with van der Waals surface area (Å²) in [7, 11) is 2.13. The van der Waals surface area contributed by atoms with E-state index in [4.69, 9.17) is 14.7 Å². The van der Waals surface area contributed by atoms with E-state index in [1.807, 2.05) is 30.3 Å². The molecule has 1 aromatic heterocycles. The molecule has 216 valence electrons. The number of benzene rings is 2. The Morgan fingerprint density at radius 1 is 1.15 bits per heavy atom. The Morgan fingerprint density at radius 2 is 2.00 bits per heavy atom. The topological polar surface area (TPSA) is 102 Å². The summed E-state index contributed by atoms with van der Waals surface area (Å²) in [5, 5.41) is 23.0. The van der Waals surface area contributed by atoms with Crippen LogP contribution in [-0.4, -0.2) is 94.4 Å². The number of rotatable bonds is 7. The Hall–Kier alpha value is -3.69. The van der Waals surface area contributed by atoms with Crippen molar-refractivity contribution in [2.24, 2.45) is 0 Å². The lowest BCUT2D eigenvalue weighted by molar-refractivity contribution is -0.126. The number of piperazine rings is 1. The lowest BCUT2D eigenvalue weighted by Gasteiger charge is -2.42. The van der Waals surface area contributed by atoms with Gasteiger partial charge in [-0.05, 0) is 86.2 Å². The van der Waals surface area contributed by atoms with E-state index in [-0.39, 0.29) is 30.2 Å². The number of hydrogen-bond acceptors (Lipinski definition) is 8. The Morgan fingerprint density at radius 3 is 2.78 bits per heavy atom. The maximum Gasteiger partial charge on any atom is 0.318 e. The molecule has 6 rings (SSSR count). The molecule has 3 aliphatic rings. The number of likely N-dealkylation sites (tertiary alicyclic amines) is 1. The average molecular weight is 558 g/mol. The van der Waals surface area contributed by atoms with Crippen molar-refractivity contribution in [3.63, 3.8) is 0 Å². The number of aromatic hydroxyl groups is 1. The third kappa shape index (κ3) is 5.48. The second-order valence-corrected chi connectivity index (χ2v) is 11.6. The van der Waals surface area contributed by atoms with Gasteiger partial charge in [-0.25, -0.2) is 0 Å². The zero-order valence-corrected chi connectivity index (χ0v) is 23.7. The number of hydrogen-bond donors (Lipinski definition) is 2. The van der Waals surface area contributed by atoms with Crippen molar-refractivity contribution in [1.82, 2.24) is 19.8 Å². The van der Waals surface area contributed by atoms with Gasteiger partial charge in [-0.15, -0.1) is 0 Å². The van der Waals surface area contributed by atoms with Crippen LogP contribution in [0.4, 0.5) is 5.82 Å². The molecule has 1 amide bonds. The number of phenols is 1. The van der Waals surface area contributed by atoms with E-state index in [0.29, 0.717) is 44.7 Å². The van der Waals surface area contributed by atoms with Crippen LogP contribution < -0.4 is 9.64 Å². The zero-order valence-electron chi connectivity index (χ0n) is 23.7. The highest BCUT2D eigenvalue weighted by molar-refractivity contribution is 5.88. The summed E-state index contributed by atoms with van der Waals surface area (Å²) in [6, 6.07) is 12.3. The van der Waals surface area contributed by atoms with Crippen molar-refractivity contribution >= 4 is 22.5 Å². The molecule has 0 saturated carbocycles. The zero-order chi connectivity index (χ0) is 28.5. The Kier molecular flexibility index (Phi) is 7.81. The van der Waals surface area contributed by atoms with Gasteiger partial charge in [0.2, 0.25) is 5.91 Å². The predicted molar refractivity (Wildman–Crippen MR) is 159 cm³/mol. The fourth-order valence-corrected chi connectivity index (χ4v) is 6.78. The van der Waals surface area contributed by atoms with Crippen LogP contribution in [0.1, 0.15) is 42.0 Å². The van der Waals surface area contributed by atoms with Crippen LogP contribution >= 0.6 is 0 Å². The summed E-state index contributed by atoms with van der Waals surface area (Å²) in [5.74, 6) is 1.13. The fraction of sp³-hybridized carbons (Fsp3) is 0.469. The molecule has 1 aliphatic carbocycles. The summed E-state index contributed by atoms with van der Waals surface area (Å²) in [4.78, 5) is 28.4. The van der Waals surface area contributed by atoms with Gasteiger partial charge in [-0.3, -0.25) is 4.79 Å². The van der Waals surface area contributed by atoms with Gasteiger partial charge in [0.15, 0.2) is 0 Å². The number of anilines is 1. The van der Waals surface area contributed by atoms with Crippen molar-refractivity contribution in [3.05, 3.63) is 65.9 Å². The van der Waals surface area contributed by atoms with Gasteiger partial charge in [0.1, 0.15) is 18.2 Å².